The van der Waals surface area contributed by atoms with E-state index in [2.05, 4.69) is 20.8 Å². The number of nitrogens with two attached hydrogens (primary N) is 1. The maximum Gasteiger partial charge on any atom is 0.223 e. The molecule has 0 spiro atoms. The molecular weight excluding hydrogens is 294 g/mol. The lowest BCUT2D eigenvalue weighted by Crippen LogP contribution is -2.51. The van der Waals surface area contributed by atoms with Gasteiger partial charge in [-0.25, -0.2) is 0 Å². The maximum absolute atomic E-state index is 11.6. The van der Waals surface area contributed by atoms with Gasteiger partial charge >= 0.3 is 0 Å². The van der Waals surface area contributed by atoms with Crippen LogP contribution in [0, 0.1) is 0 Å². The van der Waals surface area contributed by atoms with Crippen LogP contribution in [0.3, 0.4) is 0 Å². The number of rotatable bonds is 1. The van der Waals surface area contributed by atoms with Crippen LogP contribution < -0.4 is 10.6 Å². The third-order valence-electron chi connectivity index (χ3n) is 3.81. The molecular formula is C13H16BrN3O. The van der Waals surface area contributed by atoms with Crippen LogP contribution in [0.5, 0.6) is 0 Å². The summed E-state index contributed by atoms with van der Waals surface area (Å²) in [6, 6.07) is 6.29. The predicted octanol–water partition coefficient (Wildman–Crippen LogP) is 1.84. The standard InChI is InChI=1S/C13H16BrN3O/c14-11-7-9(15)1-3-12(11)16-5-6-17-10(8-16)2-4-13(17)18/h1,3,7,10H,2,4-6,8,15H2. The van der Waals surface area contributed by atoms with E-state index in [0.717, 1.165) is 36.2 Å². The molecule has 5 heteroatoms. The Morgan fingerprint density at radius 1 is 1.33 bits per heavy atom. The molecule has 1 unspecified atom stereocenters. The normalized spacial score (nSPS) is 23.4. The van der Waals surface area contributed by atoms with Crippen LogP contribution in [-0.4, -0.2) is 36.5 Å². The molecule has 96 valence electrons. The lowest BCUT2D eigenvalue weighted by molar-refractivity contribution is -0.129. The molecule has 2 N–H and O–H groups in total. The largest absolute Gasteiger partial charge is 0.399 e. The zero-order valence-electron chi connectivity index (χ0n) is 10.1. The van der Waals surface area contributed by atoms with E-state index in [4.69, 9.17) is 5.73 Å². The molecule has 0 bridgehead atoms. The summed E-state index contributed by atoms with van der Waals surface area (Å²) >= 11 is 3.56. The molecule has 1 amide bonds. The lowest BCUT2D eigenvalue weighted by Gasteiger charge is -2.39. The molecule has 0 aliphatic carbocycles. The van der Waals surface area contributed by atoms with Crippen molar-refractivity contribution in [2.75, 3.05) is 30.3 Å². The first kappa shape index (κ1) is 11.8. The average Bonchev–Trinajstić information content (AvgIpc) is 2.71. The smallest absolute Gasteiger partial charge is 0.223 e. The maximum atomic E-state index is 11.6. The van der Waals surface area contributed by atoms with Gasteiger partial charge in [0.1, 0.15) is 0 Å². The predicted molar refractivity (Wildman–Crippen MR) is 75.5 cm³/mol. The van der Waals surface area contributed by atoms with E-state index in [-0.39, 0.29) is 0 Å². The SMILES string of the molecule is Nc1ccc(N2CCN3C(=O)CCC3C2)c(Br)c1. The van der Waals surface area contributed by atoms with Crippen molar-refractivity contribution in [2.45, 2.75) is 18.9 Å². The van der Waals surface area contributed by atoms with Gasteiger partial charge in [0.15, 0.2) is 0 Å². The number of carbonyl (C=O) groups excluding carboxylic acids is 1. The highest BCUT2D eigenvalue weighted by Crippen LogP contribution is 2.32. The minimum atomic E-state index is 0.316. The van der Waals surface area contributed by atoms with Gasteiger partial charge in [-0.2, -0.15) is 0 Å². The van der Waals surface area contributed by atoms with Crippen molar-refractivity contribution in [3.63, 3.8) is 0 Å². The van der Waals surface area contributed by atoms with Crippen molar-refractivity contribution in [3.8, 4) is 0 Å². The topological polar surface area (TPSA) is 49.6 Å². The number of anilines is 2. The van der Waals surface area contributed by atoms with E-state index in [0.29, 0.717) is 18.4 Å². The Balaban J connectivity index is 1.80. The molecule has 2 aliphatic heterocycles. The fourth-order valence-corrected chi connectivity index (χ4v) is 3.51. The summed E-state index contributed by atoms with van der Waals surface area (Å²) in [6.07, 6.45) is 1.70. The van der Waals surface area contributed by atoms with Crippen molar-refractivity contribution >= 4 is 33.2 Å². The van der Waals surface area contributed by atoms with E-state index in [9.17, 15) is 4.79 Å². The molecule has 0 saturated carbocycles. The Labute approximate surface area is 115 Å². The van der Waals surface area contributed by atoms with Gasteiger partial charge in [-0.15, -0.1) is 0 Å². The minimum Gasteiger partial charge on any atom is -0.399 e. The third kappa shape index (κ3) is 1.96. The molecule has 4 nitrogen and oxygen atoms in total. The minimum absolute atomic E-state index is 0.316. The van der Waals surface area contributed by atoms with Crippen molar-refractivity contribution < 1.29 is 4.79 Å². The number of piperazine rings is 1. The fraction of sp³-hybridized carbons (Fsp3) is 0.462. The van der Waals surface area contributed by atoms with Crippen molar-refractivity contribution in [3.05, 3.63) is 22.7 Å². The number of halogens is 1. The Hall–Kier alpha value is -1.23. The van der Waals surface area contributed by atoms with E-state index >= 15 is 0 Å². The first-order valence-electron chi connectivity index (χ1n) is 6.24. The lowest BCUT2D eigenvalue weighted by atomic mass is 10.1. The number of hydrogen-bond acceptors (Lipinski definition) is 3. The summed E-state index contributed by atoms with van der Waals surface area (Å²) in [5, 5.41) is 0. The van der Waals surface area contributed by atoms with Crippen LogP contribution in [0.25, 0.3) is 0 Å². The molecule has 2 aliphatic rings. The summed E-state index contributed by atoms with van der Waals surface area (Å²) in [5.41, 5.74) is 7.69. The van der Waals surface area contributed by atoms with Crippen LogP contribution in [0.15, 0.2) is 22.7 Å². The summed E-state index contributed by atoms with van der Waals surface area (Å²) in [4.78, 5) is 16.0. The Bertz CT molecular complexity index is 491. The Morgan fingerprint density at radius 3 is 2.94 bits per heavy atom. The molecule has 3 rings (SSSR count). The quantitative estimate of drug-likeness (QED) is 0.805. The van der Waals surface area contributed by atoms with E-state index in [1.54, 1.807) is 0 Å². The number of benzene rings is 1. The average molecular weight is 310 g/mol. The Morgan fingerprint density at radius 2 is 2.17 bits per heavy atom. The molecule has 2 saturated heterocycles. The molecule has 2 fully saturated rings. The molecule has 2 heterocycles. The van der Waals surface area contributed by atoms with Gasteiger partial charge in [0.2, 0.25) is 5.91 Å². The van der Waals surface area contributed by atoms with Crippen LogP contribution in [-0.2, 0) is 4.79 Å². The van der Waals surface area contributed by atoms with Crippen molar-refractivity contribution in [1.82, 2.24) is 4.90 Å². The highest BCUT2D eigenvalue weighted by Gasteiger charge is 2.35. The van der Waals surface area contributed by atoms with Crippen LogP contribution in [0.2, 0.25) is 0 Å². The fourth-order valence-electron chi connectivity index (χ4n) is 2.86. The summed E-state index contributed by atoms with van der Waals surface area (Å²) in [5.74, 6) is 0.316. The number of hydrogen-bond donors (Lipinski definition) is 1. The Kier molecular flexibility index (Phi) is 2.93. The molecule has 1 aromatic carbocycles. The first-order valence-corrected chi connectivity index (χ1v) is 7.04. The highest BCUT2D eigenvalue weighted by molar-refractivity contribution is 9.10. The van der Waals surface area contributed by atoms with Crippen molar-refractivity contribution in [2.24, 2.45) is 0 Å². The number of amides is 1. The number of nitrogens with zero attached hydrogens (tertiary/aromatic N) is 2. The van der Waals surface area contributed by atoms with Crippen LogP contribution in [0.1, 0.15) is 12.8 Å². The van der Waals surface area contributed by atoms with Gasteiger partial charge < -0.3 is 15.5 Å². The molecule has 1 atom stereocenters. The van der Waals surface area contributed by atoms with Gasteiger partial charge in [0, 0.05) is 42.3 Å². The third-order valence-corrected chi connectivity index (χ3v) is 4.44. The number of fused-ring (bicyclic) bond motifs is 1. The van der Waals surface area contributed by atoms with Crippen LogP contribution in [0.4, 0.5) is 11.4 Å². The first-order chi connectivity index (χ1) is 8.65. The number of carbonyl (C=O) groups is 1. The van der Waals surface area contributed by atoms with Crippen molar-refractivity contribution in [1.29, 1.82) is 0 Å². The molecule has 18 heavy (non-hydrogen) atoms. The van der Waals surface area contributed by atoms with E-state index in [1.807, 2.05) is 23.1 Å². The summed E-state index contributed by atoms with van der Waals surface area (Å²) < 4.78 is 1.03. The van der Waals surface area contributed by atoms with E-state index < -0.39 is 0 Å². The second-order valence-corrected chi connectivity index (χ2v) is 5.79. The van der Waals surface area contributed by atoms with Gasteiger partial charge in [-0.05, 0) is 40.5 Å². The van der Waals surface area contributed by atoms with Gasteiger partial charge in [-0.3, -0.25) is 4.79 Å². The van der Waals surface area contributed by atoms with E-state index in [1.165, 1.54) is 5.69 Å². The number of nitrogen functional groups attached to an aromatic ring is 1. The van der Waals surface area contributed by atoms with Gasteiger partial charge in [0.05, 0.1) is 5.69 Å². The molecule has 0 aromatic heterocycles. The molecule has 0 radical (unpaired) electrons. The molecule has 1 aromatic rings. The highest BCUT2D eigenvalue weighted by atomic mass is 79.9. The van der Waals surface area contributed by atoms with Crippen LogP contribution >= 0.6 is 15.9 Å². The zero-order valence-corrected chi connectivity index (χ0v) is 11.7. The second kappa shape index (κ2) is 4.46. The summed E-state index contributed by atoms with van der Waals surface area (Å²) in [7, 11) is 0. The second-order valence-electron chi connectivity index (χ2n) is 4.94. The summed E-state index contributed by atoms with van der Waals surface area (Å²) in [6.45, 7) is 2.65. The monoisotopic (exact) mass is 309 g/mol. The van der Waals surface area contributed by atoms with Gasteiger partial charge in [0.25, 0.3) is 0 Å². The zero-order chi connectivity index (χ0) is 12.7. The van der Waals surface area contributed by atoms with Gasteiger partial charge in [-0.1, -0.05) is 0 Å².